The van der Waals surface area contributed by atoms with Gasteiger partial charge in [0.2, 0.25) is 11.9 Å². The number of carbonyl (C=O) groups is 1. The summed E-state index contributed by atoms with van der Waals surface area (Å²) in [7, 11) is 0. The van der Waals surface area contributed by atoms with Gasteiger partial charge in [0.1, 0.15) is 6.42 Å². The molecule has 1 aliphatic heterocycles. The topological polar surface area (TPSA) is 84.1 Å². The molecule has 9 heteroatoms. The smallest absolute Gasteiger partial charge is 0.368 e. The number of nitrogen functional groups attached to an aromatic ring is 1. The van der Waals surface area contributed by atoms with Gasteiger partial charge in [-0.05, 0) is 11.8 Å². The first kappa shape index (κ1) is 18.4. The molecule has 0 aromatic carbocycles. The molecule has 6 nitrogen and oxygen atoms in total. The van der Waals surface area contributed by atoms with Gasteiger partial charge in [-0.25, -0.2) is 9.97 Å². The van der Waals surface area contributed by atoms with Crippen molar-refractivity contribution in [1.29, 1.82) is 0 Å². The maximum absolute atomic E-state index is 12.3. The molecule has 2 atom stereocenters. The van der Waals surface area contributed by atoms with Crippen LogP contribution in [0.15, 0.2) is 12.4 Å². The van der Waals surface area contributed by atoms with Crippen LogP contribution in [-0.2, 0) is 11.3 Å². The Morgan fingerprint density at radius 2 is 2.00 bits per heavy atom. The molecule has 1 aromatic rings. The lowest BCUT2D eigenvalue weighted by Crippen LogP contribution is -2.43. The zero-order valence-corrected chi connectivity index (χ0v) is 13.7. The minimum atomic E-state index is -4.49. The molecule has 1 aromatic heterocycles. The Labute approximate surface area is 138 Å². The van der Waals surface area contributed by atoms with E-state index in [0.29, 0.717) is 19.6 Å². The van der Waals surface area contributed by atoms with Gasteiger partial charge in [0, 0.05) is 43.6 Å². The van der Waals surface area contributed by atoms with Crippen LogP contribution in [0.5, 0.6) is 0 Å². The Hall–Kier alpha value is -1.90. The fourth-order valence-electron chi connectivity index (χ4n) is 3.02. The molecule has 0 unspecified atom stereocenters. The summed E-state index contributed by atoms with van der Waals surface area (Å²) < 4.78 is 37.0. The third-order valence-electron chi connectivity index (χ3n) is 4.14. The first-order chi connectivity index (χ1) is 11.1. The highest BCUT2D eigenvalue weighted by atomic mass is 19.4. The molecule has 134 valence electrons. The number of alkyl halides is 3. The van der Waals surface area contributed by atoms with E-state index in [9.17, 15) is 18.0 Å². The first-order valence-corrected chi connectivity index (χ1v) is 7.79. The standard InChI is InChI=1S/C15H22F3N5O/c1-9(2)11-7-23(6-10-4-20-14(19)21-5-10)8-12(11)22-13(24)3-15(16,17)18/h4-5,9,11-12H,3,6-8H2,1-2H3,(H,22,24)(H2,19,20,21)/t11-,12+/m0/s1. The Bertz CT molecular complexity index is 561. The number of nitrogens with one attached hydrogen (secondary N) is 1. The van der Waals surface area contributed by atoms with E-state index in [1.807, 2.05) is 13.8 Å². The van der Waals surface area contributed by atoms with Crippen LogP contribution in [0.1, 0.15) is 25.8 Å². The summed E-state index contributed by atoms with van der Waals surface area (Å²) in [5, 5.41) is 2.54. The normalized spacial score (nSPS) is 22.1. The number of carbonyl (C=O) groups excluding carboxylic acids is 1. The summed E-state index contributed by atoms with van der Waals surface area (Å²) in [6, 6.07) is -0.297. The molecule has 1 saturated heterocycles. The van der Waals surface area contributed by atoms with Gasteiger partial charge in [-0.15, -0.1) is 0 Å². The average molecular weight is 345 g/mol. The van der Waals surface area contributed by atoms with Crippen molar-refractivity contribution in [2.75, 3.05) is 18.8 Å². The summed E-state index contributed by atoms with van der Waals surface area (Å²) >= 11 is 0. The summed E-state index contributed by atoms with van der Waals surface area (Å²) in [5.74, 6) is -0.445. The lowest BCUT2D eigenvalue weighted by atomic mass is 9.91. The fourth-order valence-corrected chi connectivity index (χ4v) is 3.02. The number of aromatic nitrogens is 2. The predicted molar refractivity (Wildman–Crippen MR) is 82.7 cm³/mol. The van der Waals surface area contributed by atoms with E-state index in [-0.39, 0.29) is 23.8 Å². The Balaban J connectivity index is 1.97. The second-order valence-corrected chi connectivity index (χ2v) is 6.52. The van der Waals surface area contributed by atoms with Crippen molar-refractivity contribution in [1.82, 2.24) is 20.2 Å². The highest BCUT2D eigenvalue weighted by Gasteiger charge is 2.38. The monoisotopic (exact) mass is 345 g/mol. The molecular weight excluding hydrogens is 323 g/mol. The van der Waals surface area contributed by atoms with Crippen LogP contribution in [-0.4, -0.2) is 46.1 Å². The molecule has 0 radical (unpaired) electrons. The zero-order valence-electron chi connectivity index (χ0n) is 13.7. The van der Waals surface area contributed by atoms with Crippen LogP contribution < -0.4 is 11.1 Å². The minimum absolute atomic E-state index is 0.0943. The molecule has 2 rings (SSSR count). The quantitative estimate of drug-likeness (QED) is 0.847. The molecule has 1 fully saturated rings. The number of hydrogen-bond donors (Lipinski definition) is 2. The number of amides is 1. The first-order valence-electron chi connectivity index (χ1n) is 7.79. The van der Waals surface area contributed by atoms with Gasteiger partial charge in [-0.2, -0.15) is 13.2 Å². The number of anilines is 1. The van der Waals surface area contributed by atoms with Crippen LogP contribution in [0.25, 0.3) is 0 Å². The number of nitrogens with zero attached hydrogens (tertiary/aromatic N) is 3. The van der Waals surface area contributed by atoms with Crippen LogP contribution in [0.4, 0.5) is 19.1 Å². The van der Waals surface area contributed by atoms with E-state index in [1.165, 1.54) is 0 Å². The predicted octanol–water partition coefficient (Wildman–Crippen LogP) is 1.58. The highest BCUT2D eigenvalue weighted by molar-refractivity contribution is 5.77. The molecule has 0 spiro atoms. The maximum atomic E-state index is 12.3. The Kier molecular flexibility index (Phi) is 5.63. The van der Waals surface area contributed by atoms with Gasteiger partial charge in [0.15, 0.2) is 0 Å². The largest absolute Gasteiger partial charge is 0.397 e. The fraction of sp³-hybridized carbons (Fsp3) is 0.667. The summed E-state index contributed by atoms with van der Waals surface area (Å²) in [5.41, 5.74) is 6.32. The van der Waals surface area contributed by atoms with Gasteiger partial charge in [-0.1, -0.05) is 13.8 Å². The van der Waals surface area contributed by atoms with Gasteiger partial charge >= 0.3 is 6.18 Å². The lowest BCUT2D eigenvalue weighted by Gasteiger charge is -2.23. The van der Waals surface area contributed by atoms with Gasteiger partial charge < -0.3 is 11.1 Å². The van der Waals surface area contributed by atoms with Crippen molar-refractivity contribution in [3.05, 3.63) is 18.0 Å². The van der Waals surface area contributed by atoms with Crippen molar-refractivity contribution in [3.8, 4) is 0 Å². The number of rotatable bonds is 5. The maximum Gasteiger partial charge on any atom is 0.397 e. The van der Waals surface area contributed by atoms with E-state index in [2.05, 4.69) is 20.2 Å². The SMILES string of the molecule is CC(C)[C@@H]1CN(Cc2cnc(N)nc2)C[C@H]1NC(=O)CC(F)(F)F. The molecule has 0 bridgehead atoms. The van der Waals surface area contributed by atoms with Crippen molar-refractivity contribution < 1.29 is 18.0 Å². The van der Waals surface area contributed by atoms with Crippen LogP contribution in [0.3, 0.4) is 0 Å². The number of likely N-dealkylation sites (tertiary alicyclic amines) is 1. The molecule has 0 saturated carbocycles. The average Bonchev–Trinajstić information content (AvgIpc) is 2.82. The summed E-state index contributed by atoms with van der Waals surface area (Å²) in [6.07, 6.45) is -2.68. The van der Waals surface area contributed by atoms with Crippen LogP contribution in [0.2, 0.25) is 0 Å². The number of hydrogen-bond acceptors (Lipinski definition) is 5. The van der Waals surface area contributed by atoms with Gasteiger partial charge in [-0.3, -0.25) is 9.69 Å². The number of halogens is 3. The molecular formula is C15H22F3N5O. The lowest BCUT2D eigenvalue weighted by molar-refractivity contribution is -0.154. The molecule has 3 N–H and O–H groups in total. The van der Waals surface area contributed by atoms with E-state index in [0.717, 1.165) is 5.56 Å². The molecule has 2 heterocycles. The van der Waals surface area contributed by atoms with Crippen molar-refractivity contribution in [3.63, 3.8) is 0 Å². The molecule has 1 amide bonds. The Morgan fingerprint density at radius 3 is 2.54 bits per heavy atom. The minimum Gasteiger partial charge on any atom is -0.368 e. The van der Waals surface area contributed by atoms with E-state index in [4.69, 9.17) is 5.73 Å². The van der Waals surface area contributed by atoms with Gasteiger partial charge in [0.05, 0.1) is 0 Å². The van der Waals surface area contributed by atoms with Gasteiger partial charge in [0.25, 0.3) is 0 Å². The van der Waals surface area contributed by atoms with Crippen molar-refractivity contribution >= 4 is 11.9 Å². The second-order valence-electron chi connectivity index (χ2n) is 6.52. The second kappa shape index (κ2) is 7.33. The zero-order chi connectivity index (χ0) is 17.9. The molecule has 0 aliphatic carbocycles. The summed E-state index contributed by atoms with van der Waals surface area (Å²) in [6.45, 7) is 5.76. The highest BCUT2D eigenvalue weighted by Crippen LogP contribution is 2.26. The van der Waals surface area contributed by atoms with Crippen LogP contribution in [0, 0.1) is 11.8 Å². The molecule has 24 heavy (non-hydrogen) atoms. The summed E-state index contributed by atoms with van der Waals surface area (Å²) in [4.78, 5) is 21.5. The Morgan fingerprint density at radius 1 is 1.38 bits per heavy atom. The van der Waals surface area contributed by atoms with Crippen molar-refractivity contribution in [2.24, 2.45) is 11.8 Å². The van der Waals surface area contributed by atoms with E-state index >= 15 is 0 Å². The third kappa shape index (κ3) is 5.33. The van der Waals surface area contributed by atoms with Crippen molar-refractivity contribution in [2.45, 2.75) is 39.0 Å². The van der Waals surface area contributed by atoms with E-state index in [1.54, 1.807) is 12.4 Å². The van der Waals surface area contributed by atoms with Crippen LogP contribution >= 0.6 is 0 Å². The van der Waals surface area contributed by atoms with E-state index < -0.39 is 18.5 Å². The number of nitrogens with two attached hydrogens (primary N) is 1. The molecule has 1 aliphatic rings. The third-order valence-corrected chi connectivity index (χ3v) is 4.14.